The van der Waals surface area contributed by atoms with E-state index in [1.165, 1.54) is 51.4 Å². The molecule has 4 fully saturated rings. The molecule has 10 atom stereocenters. The number of hydrogen-bond acceptors (Lipinski definition) is 2. The molecule has 0 bridgehead atoms. The van der Waals surface area contributed by atoms with E-state index in [-0.39, 0.29) is 11.7 Å². The highest BCUT2D eigenvalue weighted by atomic mass is 16.3. The van der Waals surface area contributed by atoms with Gasteiger partial charge in [-0.25, -0.2) is 0 Å². The molecule has 0 unspecified atom stereocenters. The Kier molecular flexibility index (Phi) is 6.45. The van der Waals surface area contributed by atoms with Gasteiger partial charge in [0.05, 0.1) is 11.7 Å². The molecule has 168 valence electrons. The molecule has 0 amide bonds. The van der Waals surface area contributed by atoms with Gasteiger partial charge in [0.25, 0.3) is 0 Å². The van der Waals surface area contributed by atoms with Crippen LogP contribution < -0.4 is 0 Å². The first-order valence-corrected chi connectivity index (χ1v) is 13.2. The average molecular weight is 405 g/mol. The van der Waals surface area contributed by atoms with Gasteiger partial charge < -0.3 is 10.2 Å². The lowest BCUT2D eigenvalue weighted by Crippen LogP contribution is -2.51. The van der Waals surface area contributed by atoms with Crippen molar-refractivity contribution in [1.82, 2.24) is 0 Å². The van der Waals surface area contributed by atoms with Crippen LogP contribution in [-0.2, 0) is 0 Å². The highest BCUT2D eigenvalue weighted by Crippen LogP contribution is 2.66. The summed E-state index contributed by atoms with van der Waals surface area (Å²) in [6.45, 7) is 9.42. The number of hydrogen-bond donors (Lipinski definition) is 2. The third kappa shape index (κ3) is 3.95. The van der Waals surface area contributed by atoms with Gasteiger partial charge in [-0.1, -0.05) is 27.7 Å². The Hall–Kier alpha value is -0.0800. The normalized spacial score (nSPS) is 49.0. The Morgan fingerprint density at radius 3 is 2.38 bits per heavy atom. The SMILES string of the molecule is CC[C@H](O)CC[C@@H](C)[C@H]1CC[C@H]2[C@@H]3CC[C@H]4C[C@](O)(CC)CC[C@@H]4[C@H]3CC[C@]12C. The first-order valence-electron chi connectivity index (χ1n) is 13.2. The topological polar surface area (TPSA) is 40.5 Å². The van der Waals surface area contributed by atoms with E-state index >= 15 is 0 Å². The second kappa shape index (κ2) is 8.45. The maximum atomic E-state index is 10.9. The van der Waals surface area contributed by atoms with Crippen molar-refractivity contribution in [3.8, 4) is 0 Å². The lowest BCUT2D eigenvalue weighted by molar-refractivity contribution is -0.109. The summed E-state index contributed by atoms with van der Waals surface area (Å²) in [4.78, 5) is 0. The Balaban J connectivity index is 1.43. The van der Waals surface area contributed by atoms with Crippen molar-refractivity contribution in [3.05, 3.63) is 0 Å². The molecule has 0 aromatic carbocycles. The Bertz CT molecular complexity index is 561. The minimum atomic E-state index is -0.353. The van der Waals surface area contributed by atoms with Crippen LogP contribution in [0.4, 0.5) is 0 Å². The first kappa shape index (κ1) is 22.1. The van der Waals surface area contributed by atoms with Crippen LogP contribution in [0.15, 0.2) is 0 Å². The van der Waals surface area contributed by atoms with Crippen molar-refractivity contribution in [2.75, 3.05) is 0 Å². The lowest BCUT2D eigenvalue weighted by Gasteiger charge is -2.57. The molecule has 2 nitrogen and oxygen atoms in total. The van der Waals surface area contributed by atoms with Gasteiger partial charge in [0.2, 0.25) is 0 Å². The molecule has 4 aliphatic carbocycles. The predicted molar refractivity (Wildman–Crippen MR) is 121 cm³/mol. The smallest absolute Gasteiger partial charge is 0.0648 e. The summed E-state index contributed by atoms with van der Waals surface area (Å²) in [5.41, 5.74) is 0.192. The molecule has 4 aliphatic rings. The first-order chi connectivity index (χ1) is 13.8. The Labute approximate surface area is 180 Å². The Morgan fingerprint density at radius 1 is 0.897 bits per heavy atom. The van der Waals surface area contributed by atoms with E-state index in [1.807, 2.05) is 0 Å². The van der Waals surface area contributed by atoms with Crippen LogP contribution in [0, 0.1) is 46.8 Å². The zero-order valence-corrected chi connectivity index (χ0v) is 19.7. The maximum absolute atomic E-state index is 10.9. The molecule has 2 N–H and O–H groups in total. The van der Waals surface area contributed by atoms with Gasteiger partial charge in [-0.05, 0) is 130 Å². The summed E-state index contributed by atoms with van der Waals surface area (Å²) in [5.74, 6) is 6.18. The van der Waals surface area contributed by atoms with Gasteiger partial charge in [0.1, 0.15) is 0 Å². The zero-order valence-electron chi connectivity index (χ0n) is 19.7. The predicted octanol–water partition coefficient (Wildman–Crippen LogP) is 6.58. The highest BCUT2D eigenvalue weighted by Gasteiger charge is 2.58. The Morgan fingerprint density at radius 2 is 1.66 bits per heavy atom. The zero-order chi connectivity index (χ0) is 20.8. The summed E-state index contributed by atoms with van der Waals surface area (Å²) in [6.07, 6.45) is 15.9. The van der Waals surface area contributed by atoms with Crippen LogP contribution in [0.2, 0.25) is 0 Å². The number of aliphatic hydroxyl groups excluding tert-OH is 1. The van der Waals surface area contributed by atoms with Crippen LogP contribution in [0.3, 0.4) is 0 Å². The van der Waals surface area contributed by atoms with E-state index in [9.17, 15) is 10.2 Å². The van der Waals surface area contributed by atoms with Crippen LogP contribution >= 0.6 is 0 Å². The largest absolute Gasteiger partial charge is 0.393 e. The minimum absolute atomic E-state index is 0.0958. The molecule has 0 heterocycles. The molecule has 29 heavy (non-hydrogen) atoms. The van der Waals surface area contributed by atoms with Gasteiger partial charge in [0, 0.05) is 0 Å². The van der Waals surface area contributed by atoms with E-state index in [4.69, 9.17) is 0 Å². The summed E-state index contributed by atoms with van der Waals surface area (Å²) >= 11 is 0. The fraction of sp³-hybridized carbons (Fsp3) is 1.00. The maximum Gasteiger partial charge on any atom is 0.0648 e. The summed E-state index contributed by atoms with van der Waals surface area (Å²) < 4.78 is 0. The second-order valence-electron chi connectivity index (χ2n) is 12.1. The number of rotatable bonds is 6. The van der Waals surface area contributed by atoms with E-state index in [0.29, 0.717) is 5.41 Å². The second-order valence-corrected chi connectivity index (χ2v) is 12.1. The van der Waals surface area contributed by atoms with Crippen molar-refractivity contribution >= 4 is 0 Å². The summed E-state index contributed by atoms with van der Waals surface area (Å²) in [7, 11) is 0. The lowest BCUT2D eigenvalue weighted by atomic mass is 9.48. The molecule has 0 aromatic heterocycles. The molecule has 4 rings (SSSR count). The van der Waals surface area contributed by atoms with E-state index in [1.54, 1.807) is 0 Å². The van der Waals surface area contributed by atoms with Gasteiger partial charge in [-0.3, -0.25) is 0 Å². The molecular weight excluding hydrogens is 356 g/mol. The third-order valence-corrected chi connectivity index (χ3v) is 10.9. The molecule has 0 aliphatic heterocycles. The molecule has 0 spiro atoms. The monoisotopic (exact) mass is 404 g/mol. The van der Waals surface area contributed by atoms with Crippen molar-refractivity contribution in [2.45, 2.75) is 123 Å². The number of aliphatic hydroxyl groups is 2. The fourth-order valence-corrected chi connectivity index (χ4v) is 9.12. The standard InChI is InChI=1S/C27H48O2/c1-5-20(28)9-7-18(3)24-11-12-25-23-10-8-19-17-27(29,6-2)16-14-21(19)22(23)13-15-26(24,25)4/h18-25,28-29H,5-17H2,1-4H3/t18-,19+,20+,21+,22-,23-,24-,25+,26-,27+/m1/s1. The number of fused-ring (bicyclic) bond motifs is 5. The van der Waals surface area contributed by atoms with Crippen LogP contribution in [0.25, 0.3) is 0 Å². The van der Waals surface area contributed by atoms with Crippen LogP contribution in [-0.4, -0.2) is 21.9 Å². The molecule has 2 heteroatoms. The minimum Gasteiger partial charge on any atom is -0.393 e. The van der Waals surface area contributed by atoms with Gasteiger partial charge >= 0.3 is 0 Å². The average Bonchev–Trinajstić information content (AvgIpc) is 3.08. The van der Waals surface area contributed by atoms with Gasteiger partial charge in [0.15, 0.2) is 0 Å². The molecule has 0 radical (unpaired) electrons. The summed E-state index contributed by atoms with van der Waals surface area (Å²) in [6, 6.07) is 0. The molecular formula is C27H48O2. The van der Waals surface area contributed by atoms with E-state index in [2.05, 4.69) is 27.7 Å². The molecule has 0 saturated heterocycles. The van der Waals surface area contributed by atoms with Crippen molar-refractivity contribution in [3.63, 3.8) is 0 Å². The van der Waals surface area contributed by atoms with Gasteiger partial charge in [-0.15, -0.1) is 0 Å². The van der Waals surface area contributed by atoms with Crippen molar-refractivity contribution in [2.24, 2.45) is 46.8 Å². The fourth-order valence-electron chi connectivity index (χ4n) is 9.12. The van der Waals surface area contributed by atoms with Crippen molar-refractivity contribution < 1.29 is 10.2 Å². The van der Waals surface area contributed by atoms with Crippen molar-refractivity contribution in [1.29, 1.82) is 0 Å². The van der Waals surface area contributed by atoms with Crippen LogP contribution in [0.5, 0.6) is 0 Å². The third-order valence-electron chi connectivity index (χ3n) is 10.9. The molecule has 4 saturated carbocycles. The summed E-state index contributed by atoms with van der Waals surface area (Å²) in [5, 5.41) is 20.9. The van der Waals surface area contributed by atoms with E-state index in [0.717, 1.165) is 73.5 Å². The van der Waals surface area contributed by atoms with Gasteiger partial charge in [-0.2, -0.15) is 0 Å². The highest BCUT2D eigenvalue weighted by molar-refractivity contribution is 5.07. The quantitative estimate of drug-likeness (QED) is 0.524. The van der Waals surface area contributed by atoms with E-state index < -0.39 is 0 Å². The molecule has 0 aromatic rings. The van der Waals surface area contributed by atoms with Crippen LogP contribution in [0.1, 0.15) is 111 Å².